The van der Waals surface area contributed by atoms with Gasteiger partial charge in [0.15, 0.2) is 16.6 Å². The highest BCUT2D eigenvalue weighted by atomic mass is 32.2. The van der Waals surface area contributed by atoms with Gasteiger partial charge in [-0.2, -0.15) is 0 Å². The number of nitrogens with zero attached hydrogens (tertiary/aromatic N) is 3. The standard InChI is InChI=1S/C21H25N7O2S/c1-12-9-14(7-8-15(12)26-20(30)13-5-3-2-4-6-13)25-16(29)10-31-21-27-17-18(22)23-11-24-19(17)28-21/h7-9,11,13H,2-6,10H2,1H3,(H,25,29)(H,26,30)(H3,22,23,24,27,28). The number of aryl methyl sites for hydroxylation is 1. The zero-order chi connectivity index (χ0) is 21.8. The molecule has 0 atom stereocenters. The SMILES string of the molecule is Cc1cc(NC(=O)CSc2nc3ncnc(N)c3[nH]2)ccc1NC(=O)C1CCCCC1. The molecule has 0 unspecified atom stereocenters. The van der Waals surface area contributed by atoms with Crippen LogP contribution in [0.1, 0.15) is 37.7 Å². The van der Waals surface area contributed by atoms with Crippen molar-refractivity contribution in [3.05, 3.63) is 30.1 Å². The van der Waals surface area contributed by atoms with Crippen molar-refractivity contribution in [2.24, 2.45) is 5.92 Å². The lowest BCUT2D eigenvalue weighted by Gasteiger charge is -2.21. The predicted molar refractivity (Wildman–Crippen MR) is 122 cm³/mol. The minimum absolute atomic E-state index is 0.0900. The summed E-state index contributed by atoms with van der Waals surface area (Å²) in [6.45, 7) is 1.92. The number of hydrogen-bond acceptors (Lipinski definition) is 7. The summed E-state index contributed by atoms with van der Waals surface area (Å²) in [6.07, 6.45) is 6.73. The minimum atomic E-state index is -0.164. The second-order valence-electron chi connectivity index (χ2n) is 7.69. The summed E-state index contributed by atoms with van der Waals surface area (Å²) < 4.78 is 0. The Morgan fingerprint density at radius 1 is 1.19 bits per heavy atom. The molecule has 5 N–H and O–H groups in total. The van der Waals surface area contributed by atoms with Crippen molar-refractivity contribution in [1.82, 2.24) is 19.9 Å². The molecule has 1 aliphatic rings. The van der Waals surface area contributed by atoms with Crippen molar-refractivity contribution >= 4 is 51.9 Å². The van der Waals surface area contributed by atoms with Gasteiger partial charge in [0.2, 0.25) is 11.8 Å². The lowest BCUT2D eigenvalue weighted by molar-refractivity contribution is -0.120. The maximum absolute atomic E-state index is 12.5. The predicted octanol–water partition coefficient (Wildman–Crippen LogP) is 3.49. The highest BCUT2D eigenvalue weighted by molar-refractivity contribution is 7.99. The first-order valence-electron chi connectivity index (χ1n) is 10.3. The van der Waals surface area contributed by atoms with E-state index in [2.05, 4.69) is 30.6 Å². The van der Waals surface area contributed by atoms with E-state index >= 15 is 0 Å². The number of imidazole rings is 1. The first-order chi connectivity index (χ1) is 15.0. The van der Waals surface area contributed by atoms with Crippen LogP contribution in [0.4, 0.5) is 17.2 Å². The van der Waals surface area contributed by atoms with Crippen LogP contribution in [0.2, 0.25) is 0 Å². The van der Waals surface area contributed by atoms with Gasteiger partial charge in [0, 0.05) is 17.3 Å². The monoisotopic (exact) mass is 439 g/mol. The van der Waals surface area contributed by atoms with Crippen LogP contribution in [0.5, 0.6) is 0 Å². The first-order valence-corrected chi connectivity index (χ1v) is 11.3. The Hall–Kier alpha value is -3.14. The molecular formula is C21H25N7O2S. The van der Waals surface area contributed by atoms with Crippen LogP contribution < -0.4 is 16.4 Å². The number of hydrogen-bond donors (Lipinski definition) is 4. The number of amides is 2. The van der Waals surface area contributed by atoms with Crippen molar-refractivity contribution in [2.45, 2.75) is 44.2 Å². The number of rotatable bonds is 6. The van der Waals surface area contributed by atoms with E-state index in [1.807, 2.05) is 19.1 Å². The number of nitrogen functional groups attached to an aromatic ring is 1. The number of anilines is 3. The maximum atomic E-state index is 12.5. The molecule has 31 heavy (non-hydrogen) atoms. The number of carbonyl (C=O) groups is 2. The largest absolute Gasteiger partial charge is 0.382 e. The number of aromatic nitrogens is 4. The number of fused-ring (bicyclic) bond motifs is 1. The number of nitrogens with two attached hydrogens (primary N) is 1. The summed E-state index contributed by atoms with van der Waals surface area (Å²) in [5.74, 6) is 0.519. The highest BCUT2D eigenvalue weighted by Crippen LogP contribution is 2.27. The molecule has 4 rings (SSSR count). The molecule has 9 nitrogen and oxygen atoms in total. The number of carbonyl (C=O) groups excluding carboxylic acids is 2. The summed E-state index contributed by atoms with van der Waals surface area (Å²) in [6, 6.07) is 5.49. The van der Waals surface area contributed by atoms with Crippen LogP contribution >= 0.6 is 11.8 Å². The van der Waals surface area contributed by atoms with Crippen LogP contribution in [0.3, 0.4) is 0 Å². The molecule has 0 radical (unpaired) electrons. The molecular weight excluding hydrogens is 414 g/mol. The van der Waals surface area contributed by atoms with Gasteiger partial charge in [-0.25, -0.2) is 15.0 Å². The molecule has 1 saturated carbocycles. The lowest BCUT2D eigenvalue weighted by Crippen LogP contribution is -2.25. The molecule has 3 aromatic rings. The summed E-state index contributed by atoms with van der Waals surface area (Å²) in [5, 5.41) is 6.46. The summed E-state index contributed by atoms with van der Waals surface area (Å²) >= 11 is 1.25. The average Bonchev–Trinajstić information content (AvgIpc) is 3.19. The molecule has 2 amide bonds. The van der Waals surface area contributed by atoms with Crippen molar-refractivity contribution in [3.8, 4) is 0 Å². The van der Waals surface area contributed by atoms with Crippen molar-refractivity contribution < 1.29 is 9.59 Å². The van der Waals surface area contributed by atoms with Crippen LogP contribution in [0, 0.1) is 12.8 Å². The topological polar surface area (TPSA) is 139 Å². The van der Waals surface area contributed by atoms with Gasteiger partial charge in [-0.1, -0.05) is 31.0 Å². The van der Waals surface area contributed by atoms with Gasteiger partial charge >= 0.3 is 0 Å². The van der Waals surface area contributed by atoms with E-state index in [-0.39, 0.29) is 23.5 Å². The average molecular weight is 440 g/mol. The van der Waals surface area contributed by atoms with E-state index in [1.165, 1.54) is 24.5 Å². The van der Waals surface area contributed by atoms with E-state index in [9.17, 15) is 9.59 Å². The third-order valence-electron chi connectivity index (χ3n) is 5.38. The van der Waals surface area contributed by atoms with Crippen molar-refractivity contribution in [3.63, 3.8) is 0 Å². The van der Waals surface area contributed by atoms with Gasteiger partial charge in [-0.3, -0.25) is 9.59 Å². The molecule has 0 aliphatic heterocycles. The van der Waals surface area contributed by atoms with Crippen molar-refractivity contribution in [1.29, 1.82) is 0 Å². The summed E-state index contributed by atoms with van der Waals surface area (Å²) in [4.78, 5) is 40.1. The number of aromatic amines is 1. The summed E-state index contributed by atoms with van der Waals surface area (Å²) in [5.41, 5.74) is 9.18. The zero-order valence-electron chi connectivity index (χ0n) is 17.3. The molecule has 0 saturated heterocycles. The Kier molecular flexibility index (Phi) is 6.36. The molecule has 0 spiro atoms. The van der Waals surface area contributed by atoms with Gasteiger partial charge in [0.25, 0.3) is 0 Å². The molecule has 162 valence electrons. The van der Waals surface area contributed by atoms with Gasteiger partial charge in [-0.15, -0.1) is 0 Å². The number of thioether (sulfide) groups is 1. The Bertz CT molecular complexity index is 1110. The molecule has 1 fully saturated rings. The Labute approximate surface area is 184 Å². The Morgan fingerprint density at radius 3 is 2.74 bits per heavy atom. The summed E-state index contributed by atoms with van der Waals surface area (Å²) in [7, 11) is 0. The number of nitrogens with one attached hydrogen (secondary N) is 3. The van der Waals surface area contributed by atoms with Gasteiger partial charge in [-0.05, 0) is 43.5 Å². The molecule has 1 aliphatic carbocycles. The molecule has 1 aromatic carbocycles. The second kappa shape index (κ2) is 9.34. The van der Waals surface area contributed by atoms with E-state index in [1.54, 1.807) is 6.07 Å². The smallest absolute Gasteiger partial charge is 0.234 e. The van der Waals surface area contributed by atoms with E-state index < -0.39 is 0 Å². The van der Waals surface area contributed by atoms with Gasteiger partial charge in [0.05, 0.1) is 5.75 Å². The normalized spacial score (nSPS) is 14.5. The lowest BCUT2D eigenvalue weighted by atomic mass is 9.88. The third-order valence-corrected chi connectivity index (χ3v) is 6.25. The fraction of sp³-hybridized carbons (Fsp3) is 0.381. The fourth-order valence-electron chi connectivity index (χ4n) is 3.71. The van der Waals surface area contributed by atoms with Crippen molar-refractivity contribution in [2.75, 3.05) is 22.1 Å². The molecule has 10 heteroatoms. The number of H-pyrrole nitrogens is 1. The molecule has 2 aromatic heterocycles. The van der Waals surface area contributed by atoms with Crippen LogP contribution in [-0.2, 0) is 9.59 Å². The van der Waals surface area contributed by atoms with E-state index in [0.717, 1.165) is 36.9 Å². The third kappa shape index (κ3) is 5.13. The highest BCUT2D eigenvalue weighted by Gasteiger charge is 2.21. The van der Waals surface area contributed by atoms with Crippen LogP contribution in [0.15, 0.2) is 29.7 Å². The van der Waals surface area contributed by atoms with Gasteiger partial charge in [0.1, 0.15) is 11.8 Å². The zero-order valence-corrected chi connectivity index (χ0v) is 18.1. The maximum Gasteiger partial charge on any atom is 0.234 e. The van der Waals surface area contributed by atoms with Crippen LogP contribution in [-0.4, -0.2) is 37.5 Å². The Morgan fingerprint density at radius 2 is 2.00 bits per heavy atom. The number of benzene rings is 1. The molecule has 0 bridgehead atoms. The van der Waals surface area contributed by atoms with Gasteiger partial charge < -0.3 is 21.4 Å². The second-order valence-corrected chi connectivity index (χ2v) is 8.65. The first kappa shape index (κ1) is 21.1. The Balaban J connectivity index is 1.32. The molecule has 2 heterocycles. The van der Waals surface area contributed by atoms with Crippen LogP contribution in [0.25, 0.3) is 11.2 Å². The van der Waals surface area contributed by atoms with E-state index in [4.69, 9.17) is 5.73 Å². The minimum Gasteiger partial charge on any atom is -0.382 e. The quantitative estimate of drug-likeness (QED) is 0.431. The van der Waals surface area contributed by atoms with E-state index in [0.29, 0.717) is 27.8 Å². The fourth-order valence-corrected chi connectivity index (χ4v) is 4.37.